The second kappa shape index (κ2) is 8.41. The largest absolute Gasteiger partial charge is 0.395 e. The minimum Gasteiger partial charge on any atom is -0.395 e. The zero-order valence-electron chi connectivity index (χ0n) is 13.0. The van der Waals surface area contributed by atoms with Crippen molar-refractivity contribution >= 4 is 17.7 Å². The number of carbonyl (C=O) groups is 1. The molecule has 1 aromatic rings. The van der Waals surface area contributed by atoms with Gasteiger partial charge in [0, 0.05) is 24.2 Å². The number of aliphatic hydroxyl groups excluding tert-OH is 2. The zero-order valence-corrected chi connectivity index (χ0v) is 13.8. The van der Waals surface area contributed by atoms with Gasteiger partial charge in [0.2, 0.25) is 5.91 Å². The van der Waals surface area contributed by atoms with Crippen LogP contribution < -0.4 is 0 Å². The first-order chi connectivity index (χ1) is 9.99. The molecular formula is C16H25NO3S. The van der Waals surface area contributed by atoms with Crippen LogP contribution in [-0.2, 0) is 4.79 Å². The summed E-state index contributed by atoms with van der Waals surface area (Å²) >= 11 is 1.69. The fourth-order valence-electron chi connectivity index (χ4n) is 2.00. The summed E-state index contributed by atoms with van der Waals surface area (Å²) in [5.41, 5.74) is 0.175. The molecule has 5 heteroatoms. The molecule has 21 heavy (non-hydrogen) atoms. The smallest absolute Gasteiger partial charge is 0.233 e. The molecule has 0 bridgehead atoms. The van der Waals surface area contributed by atoms with Gasteiger partial charge in [-0.25, -0.2) is 0 Å². The van der Waals surface area contributed by atoms with E-state index < -0.39 is 5.41 Å². The maximum atomic E-state index is 12.3. The molecule has 0 aliphatic heterocycles. The quantitative estimate of drug-likeness (QED) is 0.720. The Morgan fingerprint density at radius 2 is 1.81 bits per heavy atom. The van der Waals surface area contributed by atoms with Crippen LogP contribution in [0.2, 0.25) is 0 Å². The van der Waals surface area contributed by atoms with Gasteiger partial charge in [0.1, 0.15) is 0 Å². The predicted molar refractivity (Wildman–Crippen MR) is 86.4 cm³/mol. The SMILES string of the molecule is CCC(CO)(CO)C(=O)N(C)CCSc1ccc(C)cc1. The molecule has 0 aliphatic carbocycles. The average molecular weight is 311 g/mol. The molecule has 0 unspecified atom stereocenters. The first-order valence-electron chi connectivity index (χ1n) is 7.16. The molecule has 2 N–H and O–H groups in total. The van der Waals surface area contributed by atoms with E-state index in [1.54, 1.807) is 30.6 Å². The van der Waals surface area contributed by atoms with Crippen molar-refractivity contribution in [3.05, 3.63) is 29.8 Å². The molecule has 0 radical (unpaired) electrons. The van der Waals surface area contributed by atoms with Crippen LogP contribution in [0.3, 0.4) is 0 Å². The van der Waals surface area contributed by atoms with Gasteiger partial charge in [0.15, 0.2) is 0 Å². The number of hydrogen-bond donors (Lipinski definition) is 2. The van der Waals surface area contributed by atoms with E-state index in [0.29, 0.717) is 13.0 Å². The fourth-order valence-corrected chi connectivity index (χ4v) is 2.93. The summed E-state index contributed by atoms with van der Waals surface area (Å²) in [6.07, 6.45) is 0.425. The molecule has 4 nitrogen and oxygen atoms in total. The van der Waals surface area contributed by atoms with Crippen molar-refractivity contribution in [2.75, 3.05) is 32.6 Å². The maximum absolute atomic E-state index is 12.3. The lowest BCUT2D eigenvalue weighted by Gasteiger charge is -2.31. The number of amides is 1. The van der Waals surface area contributed by atoms with Crippen molar-refractivity contribution in [3.8, 4) is 0 Å². The summed E-state index contributed by atoms with van der Waals surface area (Å²) in [5, 5.41) is 18.8. The highest BCUT2D eigenvalue weighted by Gasteiger charge is 2.37. The highest BCUT2D eigenvalue weighted by atomic mass is 32.2. The van der Waals surface area contributed by atoms with Gasteiger partial charge >= 0.3 is 0 Å². The van der Waals surface area contributed by atoms with E-state index in [-0.39, 0.29) is 19.1 Å². The van der Waals surface area contributed by atoms with Crippen molar-refractivity contribution in [2.45, 2.75) is 25.2 Å². The highest BCUT2D eigenvalue weighted by Crippen LogP contribution is 2.24. The summed E-state index contributed by atoms with van der Waals surface area (Å²) in [4.78, 5) is 15.1. The first kappa shape index (κ1) is 18.0. The minimum absolute atomic E-state index is 0.195. The van der Waals surface area contributed by atoms with E-state index in [9.17, 15) is 15.0 Å². The van der Waals surface area contributed by atoms with Crippen LogP contribution in [0.1, 0.15) is 18.9 Å². The van der Waals surface area contributed by atoms with Crippen molar-refractivity contribution in [1.29, 1.82) is 0 Å². The summed E-state index contributed by atoms with van der Waals surface area (Å²) in [6.45, 7) is 3.79. The molecule has 0 spiro atoms. The minimum atomic E-state index is -1.05. The van der Waals surface area contributed by atoms with Crippen LogP contribution in [0.5, 0.6) is 0 Å². The molecule has 0 atom stereocenters. The average Bonchev–Trinajstić information content (AvgIpc) is 2.51. The van der Waals surface area contributed by atoms with Crippen LogP contribution >= 0.6 is 11.8 Å². The van der Waals surface area contributed by atoms with E-state index in [1.165, 1.54) is 10.5 Å². The number of carbonyl (C=O) groups excluding carboxylic acids is 1. The Balaban J connectivity index is 2.51. The van der Waals surface area contributed by atoms with E-state index in [1.807, 2.05) is 0 Å². The van der Waals surface area contributed by atoms with Gasteiger partial charge in [-0.05, 0) is 25.5 Å². The molecule has 1 aromatic carbocycles. The Morgan fingerprint density at radius 3 is 2.29 bits per heavy atom. The Morgan fingerprint density at radius 1 is 1.24 bits per heavy atom. The normalized spacial score (nSPS) is 11.5. The third-order valence-electron chi connectivity index (χ3n) is 3.80. The molecule has 0 saturated carbocycles. The first-order valence-corrected chi connectivity index (χ1v) is 8.14. The zero-order chi connectivity index (χ0) is 15.9. The van der Waals surface area contributed by atoms with Gasteiger partial charge < -0.3 is 15.1 Å². The molecular weight excluding hydrogens is 286 g/mol. The van der Waals surface area contributed by atoms with Crippen LogP contribution in [-0.4, -0.2) is 53.6 Å². The van der Waals surface area contributed by atoms with Gasteiger partial charge in [0.05, 0.1) is 18.6 Å². The second-order valence-corrected chi connectivity index (χ2v) is 6.51. The number of aryl methyl sites for hydroxylation is 1. The second-order valence-electron chi connectivity index (χ2n) is 5.34. The van der Waals surface area contributed by atoms with E-state index in [0.717, 1.165) is 5.75 Å². The summed E-state index contributed by atoms with van der Waals surface area (Å²) in [5.74, 6) is 0.585. The van der Waals surface area contributed by atoms with Crippen LogP contribution in [0.4, 0.5) is 0 Å². The van der Waals surface area contributed by atoms with Gasteiger partial charge in [-0.3, -0.25) is 4.79 Å². The Labute approximate surface area is 131 Å². The van der Waals surface area contributed by atoms with Gasteiger partial charge in [-0.1, -0.05) is 24.6 Å². The Hall–Kier alpha value is -1.04. The van der Waals surface area contributed by atoms with Crippen LogP contribution in [0.15, 0.2) is 29.2 Å². The van der Waals surface area contributed by atoms with E-state index in [4.69, 9.17) is 0 Å². The van der Waals surface area contributed by atoms with Crippen LogP contribution in [0, 0.1) is 12.3 Å². The molecule has 1 rings (SSSR count). The number of rotatable bonds is 8. The lowest BCUT2D eigenvalue weighted by atomic mass is 9.85. The number of hydrogen-bond acceptors (Lipinski definition) is 4. The van der Waals surface area contributed by atoms with Crippen molar-refractivity contribution in [2.24, 2.45) is 5.41 Å². The fraction of sp³-hybridized carbons (Fsp3) is 0.562. The Bertz CT molecular complexity index is 435. The molecule has 1 amide bonds. The van der Waals surface area contributed by atoms with Gasteiger partial charge in [-0.2, -0.15) is 0 Å². The number of nitrogens with zero attached hydrogens (tertiary/aromatic N) is 1. The topological polar surface area (TPSA) is 60.8 Å². The number of thioether (sulfide) groups is 1. The lowest BCUT2D eigenvalue weighted by Crippen LogP contribution is -2.47. The molecule has 0 aromatic heterocycles. The van der Waals surface area contributed by atoms with Gasteiger partial charge in [-0.15, -0.1) is 11.8 Å². The standard InChI is InChI=1S/C16H25NO3S/c1-4-16(11-18,12-19)15(20)17(3)9-10-21-14-7-5-13(2)6-8-14/h5-8,18-19H,4,9-12H2,1-3H3. The van der Waals surface area contributed by atoms with Crippen molar-refractivity contribution in [3.63, 3.8) is 0 Å². The maximum Gasteiger partial charge on any atom is 0.233 e. The Kier molecular flexibility index (Phi) is 7.22. The molecule has 0 aliphatic rings. The van der Waals surface area contributed by atoms with Gasteiger partial charge in [0.25, 0.3) is 0 Å². The third kappa shape index (κ3) is 4.73. The molecule has 0 fully saturated rings. The molecule has 0 heterocycles. The van der Waals surface area contributed by atoms with Crippen LogP contribution in [0.25, 0.3) is 0 Å². The molecule has 0 saturated heterocycles. The van der Waals surface area contributed by atoms with E-state index in [2.05, 4.69) is 31.2 Å². The lowest BCUT2D eigenvalue weighted by molar-refractivity contribution is -0.146. The van der Waals surface area contributed by atoms with Crippen molar-refractivity contribution < 1.29 is 15.0 Å². The number of benzene rings is 1. The highest BCUT2D eigenvalue weighted by molar-refractivity contribution is 7.99. The molecule has 118 valence electrons. The van der Waals surface area contributed by atoms with Crippen molar-refractivity contribution in [1.82, 2.24) is 4.90 Å². The van der Waals surface area contributed by atoms with E-state index >= 15 is 0 Å². The monoisotopic (exact) mass is 311 g/mol. The summed E-state index contributed by atoms with van der Waals surface area (Å²) in [6, 6.07) is 8.27. The number of aliphatic hydroxyl groups is 2. The predicted octanol–water partition coefficient (Wildman–Crippen LogP) is 1.93. The summed E-state index contributed by atoms with van der Waals surface area (Å²) in [7, 11) is 1.72. The summed E-state index contributed by atoms with van der Waals surface area (Å²) < 4.78 is 0. The third-order valence-corrected chi connectivity index (χ3v) is 4.79.